The van der Waals surface area contributed by atoms with Gasteiger partial charge in [0.05, 0.1) is 16.6 Å². The first-order chi connectivity index (χ1) is 12.9. The van der Waals surface area contributed by atoms with Crippen molar-refractivity contribution in [3.8, 4) is 0 Å². The fourth-order valence-corrected chi connectivity index (χ4v) is 2.69. The number of nitrogens with one attached hydrogen (secondary N) is 3. The van der Waals surface area contributed by atoms with Crippen LogP contribution in [0.25, 0.3) is 0 Å². The van der Waals surface area contributed by atoms with E-state index in [1.807, 2.05) is 0 Å². The largest absolute Gasteiger partial charge is 0.384 e. The molecular formula is C18H21Cl2N5O2. The topological polar surface area (TPSA) is 109 Å². The number of benzene rings is 1. The zero-order valence-electron chi connectivity index (χ0n) is 14.8. The molecule has 2 rings (SSSR count). The van der Waals surface area contributed by atoms with Crippen molar-refractivity contribution in [3.05, 3.63) is 57.7 Å². The van der Waals surface area contributed by atoms with Crippen LogP contribution in [0.1, 0.15) is 11.1 Å². The lowest BCUT2D eigenvalue weighted by molar-refractivity contribution is -0.128. The predicted octanol–water partition coefficient (Wildman–Crippen LogP) is 1.53. The summed E-state index contributed by atoms with van der Waals surface area (Å²) in [5.74, 6) is -0.198. The number of carbonyl (C=O) groups is 2. The standard InChI is InChI=1S/C18H21Cl2N5O2/c1-22-10-17(26)25-15(7-11-2-4-13(19)14(20)6-11)18(27)24-9-12-3-5-16(21)23-8-12/h2-6,8,15,22H,7,9-10H2,1H3,(H2,21,23)(H,24,27)(H,25,26)/t15-/m0/s1. The molecule has 9 heteroatoms. The van der Waals surface area contributed by atoms with E-state index in [1.54, 1.807) is 43.6 Å². The first kappa shape index (κ1) is 21.0. The molecule has 0 unspecified atom stereocenters. The third-order valence-corrected chi connectivity index (χ3v) is 4.47. The van der Waals surface area contributed by atoms with Crippen molar-refractivity contribution in [1.82, 2.24) is 20.9 Å². The Labute approximate surface area is 167 Å². The van der Waals surface area contributed by atoms with E-state index in [2.05, 4.69) is 20.9 Å². The number of nitrogen functional groups attached to an aromatic ring is 1. The lowest BCUT2D eigenvalue weighted by Crippen LogP contribution is -2.49. The number of likely N-dealkylation sites (N-methyl/N-ethyl adjacent to an activating group) is 1. The molecule has 2 amide bonds. The molecule has 1 aromatic heterocycles. The highest BCUT2D eigenvalue weighted by atomic mass is 35.5. The van der Waals surface area contributed by atoms with Gasteiger partial charge >= 0.3 is 0 Å². The Bertz CT molecular complexity index is 799. The van der Waals surface area contributed by atoms with Gasteiger partial charge in [0.2, 0.25) is 11.8 Å². The second kappa shape index (κ2) is 10.1. The van der Waals surface area contributed by atoms with Gasteiger partial charge in [-0.2, -0.15) is 0 Å². The summed E-state index contributed by atoms with van der Waals surface area (Å²) in [6.45, 7) is 0.374. The number of pyridine rings is 1. The minimum Gasteiger partial charge on any atom is -0.384 e. The number of rotatable bonds is 8. The van der Waals surface area contributed by atoms with Gasteiger partial charge in [0.25, 0.3) is 0 Å². The van der Waals surface area contributed by atoms with Crippen molar-refractivity contribution < 1.29 is 9.59 Å². The Kier molecular flexibility index (Phi) is 7.84. The van der Waals surface area contributed by atoms with Crippen LogP contribution >= 0.6 is 23.2 Å². The number of hydrogen-bond donors (Lipinski definition) is 4. The van der Waals surface area contributed by atoms with Crippen molar-refractivity contribution in [3.63, 3.8) is 0 Å². The minimum absolute atomic E-state index is 0.104. The van der Waals surface area contributed by atoms with E-state index in [9.17, 15) is 9.59 Å². The Morgan fingerprint density at radius 2 is 1.89 bits per heavy atom. The molecule has 0 radical (unpaired) electrons. The molecular weight excluding hydrogens is 389 g/mol. The molecule has 1 atom stereocenters. The van der Waals surface area contributed by atoms with E-state index in [1.165, 1.54) is 0 Å². The maximum absolute atomic E-state index is 12.6. The number of nitrogens with zero attached hydrogens (tertiary/aromatic N) is 1. The van der Waals surface area contributed by atoms with Crippen molar-refractivity contribution >= 4 is 40.8 Å². The van der Waals surface area contributed by atoms with Crippen molar-refractivity contribution in [2.75, 3.05) is 19.3 Å². The molecule has 7 nitrogen and oxygen atoms in total. The maximum atomic E-state index is 12.6. The van der Waals surface area contributed by atoms with Crippen LogP contribution in [0, 0.1) is 0 Å². The Balaban J connectivity index is 2.07. The first-order valence-corrected chi connectivity index (χ1v) is 9.00. The number of halogens is 2. The number of amides is 2. The molecule has 0 saturated heterocycles. The van der Waals surface area contributed by atoms with E-state index in [0.29, 0.717) is 15.9 Å². The lowest BCUT2D eigenvalue weighted by atomic mass is 10.0. The molecule has 1 aromatic carbocycles. The molecule has 144 valence electrons. The highest BCUT2D eigenvalue weighted by Gasteiger charge is 2.21. The molecule has 0 spiro atoms. The molecule has 0 fully saturated rings. The van der Waals surface area contributed by atoms with Gasteiger partial charge in [-0.15, -0.1) is 0 Å². The van der Waals surface area contributed by atoms with E-state index in [-0.39, 0.29) is 31.3 Å². The van der Waals surface area contributed by atoms with Gasteiger partial charge in [0.15, 0.2) is 0 Å². The molecule has 1 heterocycles. The summed E-state index contributed by atoms with van der Waals surface area (Å²) in [7, 11) is 1.65. The molecule has 0 saturated carbocycles. The summed E-state index contributed by atoms with van der Waals surface area (Å²) in [5.41, 5.74) is 7.13. The fraction of sp³-hybridized carbons (Fsp3) is 0.278. The molecule has 0 aliphatic heterocycles. The second-order valence-corrected chi connectivity index (χ2v) is 6.73. The van der Waals surface area contributed by atoms with Crippen LogP contribution in [-0.4, -0.2) is 36.4 Å². The van der Waals surface area contributed by atoms with Gasteiger partial charge in [0, 0.05) is 19.2 Å². The lowest BCUT2D eigenvalue weighted by Gasteiger charge is -2.19. The molecule has 27 heavy (non-hydrogen) atoms. The third kappa shape index (κ3) is 6.71. The van der Waals surface area contributed by atoms with Gasteiger partial charge in [-0.05, 0) is 36.4 Å². The molecule has 0 bridgehead atoms. The average molecular weight is 410 g/mol. The van der Waals surface area contributed by atoms with Crippen LogP contribution in [0.15, 0.2) is 36.5 Å². The molecule has 0 aliphatic carbocycles. The number of hydrogen-bond acceptors (Lipinski definition) is 5. The summed E-state index contributed by atoms with van der Waals surface area (Å²) in [4.78, 5) is 28.6. The third-order valence-electron chi connectivity index (χ3n) is 3.73. The monoisotopic (exact) mass is 409 g/mol. The number of carbonyl (C=O) groups excluding carboxylic acids is 2. The van der Waals surface area contributed by atoms with Gasteiger partial charge in [-0.3, -0.25) is 9.59 Å². The van der Waals surface area contributed by atoms with Crippen LogP contribution in [0.5, 0.6) is 0 Å². The smallest absolute Gasteiger partial charge is 0.243 e. The van der Waals surface area contributed by atoms with Crippen LogP contribution in [0.2, 0.25) is 10.0 Å². The second-order valence-electron chi connectivity index (χ2n) is 5.91. The normalized spacial score (nSPS) is 11.7. The van der Waals surface area contributed by atoms with E-state index >= 15 is 0 Å². The van der Waals surface area contributed by atoms with Crippen LogP contribution < -0.4 is 21.7 Å². The average Bonchev–Trinajstić information content (AvgIpc) is 2.63. The summed E-state index contributed by atoms with van der Waals surface area (Å²) in [5, 5.41) is 9.09. The fourth-order valence-electron chi connectivity index (χ4n) is 2.37. The SMILES string of the molecule is CNCC(=O)N[C@@H](Cc1ccc(Cl)c(Cl)c1)C(=O)NCc1ccc(N)nc1. The zero-order chi connectivity index (χ0) is 19.8. The highest BCUT2D eigenvalue weighted by molar-refractivity contribution is 6.42. The minimum atomic E-state index is -0.759. The Hall–Kier alpha value is -2.35. The quantitative estimate of drug-likeness (QED) is 0.528. The van der Waals surface area contributed by atoms with Gasteiger partial charge in [-0.25, -0.2) is 4.98 Å². The summed E-state index contributed by atoms with van der Waals surface area (Å²) < 4.78 is 0. The van der Waals surface area contributed by atoms with Crippen molar-refractivity contribution in [2.24, 2.45) is 0 Å². The number of nitrogens with two attached hydrogens (primary N) is 1. The van der Waals surface area contributed by atoms with E-state index < -0.39 is 6.04 Å². The van der Waals surface area contributed by atoms with Crippen molar-refractivity contribution in [1.29, 1.82) is 0 Å². The van der Waals surface area contributed by atoms with Crippen LogP contribution in [0.4, 0.5) is 5.82 Å². The molecule has 2 aromatic rings. The number of anilines is 1. The Morgan fingerprint density at radius 3 is 2.52 bits per heavy atom. The van der Waals surface area contributed by atoms with E-state index in [4.69, 9.17) is 28.9 Å². The highest BCUT2D eigenvalue weighted by Crippen LogP contribution is 2.23. The van der Waals surface area contributed by atoms with Gasteiger partial charge in [0.1, 0.15) is 11.9 Å². The first-order valence-electron chi connectivity index (χ1n) is 8.25. The van der Waals surface area contributed by atoms with Gasteiger partial charge in [-0.1, -0.05) is 35.3 Å². The van der Waals surface area contributed by atoms with Crippen LogP contribution in [0.3, 0.4) is 0 Å². The summed E-state index contributed by atoms with van der Waals surface area (Å²) in [6.07, 6.45) is 1.86. The van der Waals surface area contributed by atoms with E-state index in [0.717, 1.165) is 11.1 Å². The van der Waals surface area contributed by atoms with Gasteiger partial charge < -0.3 is 21.7 Å². The Morgan fingerprint density at radius 1 is 1.15 bits per heavy atom. The maximum Gasteiger partial charge on any atom is 0.243 e. The van der Waals surface area contributed by atoms with Crippen molar-refractivity contribution in [2.45, 2.75) is 19.0 Å². The number of aromatic nitrogens is 1. The van der Waals surface area contributed by atoms with Crippen LogP contribution in [-0.2, 0) is 22.6 Å². The summed E-state index contributed by atoms with van der Waals surface area (Å²) in [6, 6.07) is 7.77. The zero-order valence-corrected chi connectivity index (χ0v) is 16.3. The summed E-state index contributed by atoms with van der Waals surface area (Å²) >= 11 is 12.0. The molecule has 5 N–H and O–H groups in total. The molecule has 0 aliphatic rings. The predicted molar refractivity (Wildman–Crippen MR) is 107 cm³/mol.